The number of halogens is 2. The topological polar surface area (TPSA) is 98.0 Å². The molecule has 0 bridgehead atoms. The molecular weight excluding hydrogens is 442 g/mol. The van der Waals surface area contributed by atoms with Crippen LogP contribution in [-0.4, -0.2) is 62.8 Å². The number of aryl methyl sites for hydroxylation is 2. The van der Waals surface area contributed by atoms with E-state index in [1.165, 1.54) is 6.07 Å². The summed E-state index contributed by atoms with van der Waals surface area (Å²) in [5.41, 5.74) is 1.63. The van der Waals surface area contributed by atoms with Crippen molar-refractivity contribution >= 4 is 28.4 Å². The van der Waals surface area contributed by atoms with E-state index in [0.717, 1.165) is 44.5 Å². The number of aromatic nitrogens is 5. The quantitative estimate of drug-likeness (QED) is 0.389. The fourth-order valence-electron chi connectivity index (χ4n) is 4.10. The van der Waals surface area contributed by atoms with Crippen molar-refractivity contribution in [2.75, 3.05) is 42.9 Å². The molecule has 4 heterocycles. The lowest BCUT2D eigenvalue weighted by Gasteiger charge is -2.34. The Kier molecular flexibility index (Phi) is 5.78. The van der Waals surface area contributed by atoms with Crippen molar-refractivity contribution in [1.29, 1.82) is 0 Å². The van der Waals surface area contributed by atoms with Crippen molar-refractivity contribution in [3.63, 3.8) is 0 Å². The van der Waals surface area contributed by atoms with Gasteiger partial charge in [0.25, 0.3) is 0 Å². The summed E-state index contributed by atoms with van der Waals surface area (Å²) in [4.78, 5) is 16.2. The lowest BCUT2D eigenvalue weighted by molar-refractivity contribution is 0.270. The lowest BCUT2D eigenvalue weighted by Crippen LogP contribution is -2.46. The van der Waals surface area contributed by atoms with E-state index < -0.39 is 11.6 Å². The average Bonchev–Trinajstić information content (AvgIpc) is 3.42. The molecule has 0 amide bonds. The van der Waals surface area contributed by atoms with Crippen molar-refractivity contribution in [2.24, 2.45) is 0 Å². The third-order valence-electron chi connectivity index (χ3n) is 5.90. The minimum atomic E-state index is -0.677. The van der Waals surface area contributed by atoms with Gasteiger partial charge >= 0.3 is 6.01 Å². The van der Waals surface area contributed by atoms with Crippen LogP contribution in [0.1, 0.15) is 18.3 Å². The fraction of sp³-hybridized carbons (Fsp3) is 0.348. The molecule has 5 rings (SSSR count). The van der Waals surface area contributed by atoms with Gasteiger partial charge in [-0.2, -0.15) is 15.1 Å². The monoisotopic (exact) mass is 468 g/mol. The molecule has 3 N–H and O–H groups in total. The Morgan fingerprint density at radius 3 is 2.50 bits per heavy atom. The Morgan fingerprint density at radius 1 is 1.00 bits per heavy atom. The molecule has 0 aliphatic carbocycles. The number of aromatic amines is 2. The number of piperazine rings is 1. The zero-order valence-electron chi connectivity index (χ0n) is 19.2. The maximum Gasteiger partial charge on any atom is 0.326 e. The Labute approximate surface area is 195 Å². The van der Waals surface area contributed by atoms with Crippen LogP contribution in [-0.2, 0) is 0 Å². The second-order valence-corrected chi connectivity index (χ2v) is 8.39. The van der Waals surface area contributed by atoms with E-state index >= 15 is 4.39 Å². The Bertz CT molecular complexity index is 1330. The van der Waals surface area contributed by atoms with Gasteiger partial charge in [-0.25, -0.2) is 8.78 Å². The van der Waals surface area contributed by atoms with Crippen LogP contribution in [0.2, 0.25) is 0 Å². The van der Waals surface area contributed by atoms with Gasteiger partial charge in [0.05, 0.1) is 5.52 Å². The number of nitrogens with one attached hydrogen (secondary N) is 3. The van der Waals surface area contributed by atoms with E-state index in [0.29, 0.717) is 23.1 Å². The number of benzene rings is 1. The molecule has 9 nitrogen and oxygen atoms in total. The molecule has 1 aliphatic heterocycles. The third-order valence-corrected chi connectivity index (χ3v) is 5.90. The first kappa shape index (κ1) is 22.1. The number of rotatable bonds is 6. The van der Waals surface area contributed by atoms with E-state index in [1.54, 1.807) is 13.0 Å². The minimum Gasteiger partial charge on any atom is -0.421 e. The smallest absolute Gasteiger partial charge is 0.326 e. The normalized spacial score (nSPS) is 14.7. The van der Waals surface area contributed by atoms with Crippen molar-refractivity contribution in [1.82, 2.24) is 30.0 Å². The molecule has 4 aromatic rings. The number of nitrogens with zero attached hydrogens (tertiary/aromatic N) is 5. The van der Waals surface area contributed by atoms with E-state index in [-0.39, 0.29) is 22.7 Å². The molecule has 1 fully saturated rings. The highest BCUT2D eigenvalue weighted by Gasteiger charge is 2.21. The summed E-state index contributed by atoms with van der Waals surface area (Å²) in [5.74, 6) is 0.0723. The van der Waals surface area contributed by atoms with Crippen molar-refractivity contribution in [2.45, 2.75) is 20.8 Å². The van der Waals surface area contributed by atoms with Gasteiger partial charge in [0.2, 0.25) is 0 Å². The molecule has 0 unspecified atom stereocenters. The molecule has 0 spiro atoms. The van der Waals surface area contributed by atoms with Gasteiger partial charge in [0.1, 0.15) is 11.6 Å². The largest absolute Gasteiger partial charge is 0.421 e. The maximum atomic E-state index is 15.1. The highest BCUT2D eigenvalue weighted by atomic mass is 19.1. The molecule has 1 aliphatic rings. The van der Waals surface area contributed by atoms with Crippen molar-refractivity contribution < 1.29 is 13.5 Å². The summed E-state index contributed by atoms with van der Waals surface area (Å²) in [5, 5.41) is 10.3. The second kappa shape index (κ2) is 8.90. The average molecular weight is 469 g/mol. The van der Waals surface area contributed by atoms with Gasteiger partial charge in [-0.3, -0.25) is 5.10 Å². The highest BCUT2D eigenvalue weighted by molar-refractivity contribution is 5.83. The van der Waals surface area contributed by atoms with Crippen LogP contribution in [0.25, 0.3) is 10.9 Å². The summed E-state index contributed by atoms with van der Waals surface area (Å²) < 4.78 is 35.4. The summed E-state index contributed by atoms with van der Waals surface area (Å²) in [7, 11) is 0. The van der Waals surface area contributed by atoms with E-state index in [9.17, 15) is 4.39 Å². The first-order chi connectivity index (χ1) is 16.4. The second-order valence-electron chi connectivity index (χ2n) is 8.39. The van der Waals surface area contributed by atoms with Gasteiger partial charge in [0.15, 0.2) is 23.2 Å². The SMILES string of the molecule is CCN1CCN(c2cc(Nc3cc(C)[nH]n3)nc(Oc3cc(F)c4[nH]c(C)cc4c3F)n2)CC1. The summed E-state index contributed by atoms with van der Waals surface area (Å²) in [6.07, 6.45) is 0. The van der Waals surface area contributed by atoms with Crippen LogP contribution in [0.3, 0.4) is 0 Å². The van der Waals surface area contributed by atoms with E-state index in [4.69, 9.17) is 4.74 Å². The highest BCUT2D eigenvalue weighted by Crippen LogP contribution is 2.33. The van der Waals surface area contributed by atoms with Gasteiger partial charge < -0.3 is 24.8 Å². The van der Waals surface area contributed by atoms with Crippen LogP contribution in [0.5, 0.6) is 11.8 Å². The fourth-order valence-corrected chi connectivity index (χ4v) is 4.10. The molecule has 0 saturated carbocycles. The lowest BCUT2D eigenvalue weighted by atomic mass is 10.2. The molecule has 34 heavy (non-hydrogen) atoms. The van der Waals surface area contributed by atoms with Crippen LogP contribution < -0.4 is 15.0 Å². The molecule has 11 heteroatoms. The third kappa shape index (κ3) is 4.38. The van der Waals surface area contributed by atoms with Crippen molar-refractivity contribution in [3.8, 4) is 11.8 Å². The maximum absolute atomic E-state index is 15.1. The van der Waals surface area contributed by atoms with Gasteiger partial charge in [-0.1, -0.05) is 6.92 Å². The molecule has 178 valence electrons. The van der Waals surface area contributed by atoms with E-state index in [1.807, 2.05) is 13.0 Å². The number of likely N-dealkylation sites (N-methyl/N-ethyl adjacent to an activating group) is 1. The van der Waals surface area contributed by atoms with Gasteiger partial charge in [0, 0.05) is 61.2 Å². The molecule has 3 aromatic heterocycles. The number of H-pyrrole nitrogens is 2. The number of hydrogen-bond acceptors (Lipinski definition) is 7. The van der Waals surface area contributed by atoms with Crippen LogP contribution in [0, 0.1) is 25.5 Å². The van der Waals surface area contributed by atoms with Crippen LogP contribution in [0.15, 0.2) is 24.3 Å². The Morgan fingerprint density at radius 2 is 1.79 bits per heavy atom. The van der Waals surface area contributed by atoms with Crippen LogP contribution in [0.4, 0.5) is 26.2 Å². The van der Waals surface area contributed by atoms with Gasteiger partial charge in [-0.15, -0.1) is 0 Å². The molecular formula is C23H26F2N8O. The minimum absolute atomic E-state index is 0.0879. The van der Waals surface area contributed by atoms with Crippen LogP contribution >= 0.6 is 0 Å². The number of anilines is 3. The predicted octanol–water partition coefficient (Wildman–Crippen LogP) is 4.25. The van der Waals surface area contributed by atoms with Gasteiger partial charge in [-0.05, 0) is 26.5 Å². The first-order valence-electron chi connectivity index (χ1n) is 11.2. The Hall–Kier alpha value is -3.73. The molecule has 0 radical (unpaired) electrons. The Balaban J connectivity index is 1.50. The first-order valence-corrected chi connectivity index (χ1v) is 11.2. The summed E-state index contributed by atoms with van der Waals surface area (Å²) in [6.45, 7) is 10.1. The number of hydrogen-bond donors (Lipinski definition) is 3. The zero-order valence-corrected chi connectivity index (χ0v) is 19.2. The predicted molar refractivity (Wildman–Crippen MR) is 126 cm³/mol. The summed E-state index contributed by atoms with van der Waals surface area (Å²) >= 11 is 0. The standard InChI is InChI=1S/C23H26F2N8O/c1-4-32-5-7-33(8-6-32)20-12-18(27-19-10-14(3)30-31-19)28-23(29-20)34-17-11-16(24)22-15(21(17)25)9-13(2)26-22/h9-12,26H,4-8H2,1-3H3,(H2,27,28,29,30,31). The van der Waals surface area contributed by atoms with Crippen molar-refractivity contribution in [3.05, 3.63) is 47.3 Å². The number of fused-ring (bicyclic) bond motifs is 1. The summed E-state index contributed by atoms with van der Waals surface area (Å²) in [6, 6.07) is 6.09. The number of ether oxygens (including phenoxy) is 1. The van der Waals surface area contributed by atoms with E-state index in [2.05, 4.69) is 47.2 Å². The zero-order chi connectivity index (χ0) is 23.8. The molecule has 1 saturated heterocycles. The molecule has 0 atom stereocenters. The molecule has 1 aromatic carbocycles.